The van der Waals surface area contributed by atoms with Crippen LogP contribution in [0.25, 0.3) is 10.9 Å². The number of alkyl halides is 3. The van der Waals surface area contributed by atoms with Gasteiger partial charge < -0.3 is 14.2 Å². The van der Waals surface area contributed by atoms with Crippen LogP contribution in [-0.2, 0) is 6.54 Å². The van der Waals surface area contributed by atoms with Gasteiger partial charge in [-0.25, -0.2) is 4.98 Å². The number of carbonyl (C=O) groups excluding carboxylic acids is 1. The molecule has 30 heavy (non-hydrogen) atoms. The van der Waals surface area contributed by atoms with Crippen LogP contribution in [0.4, 0.5) is 13.2 Å². The van der Waals surface area contributed by atoms with E-state index in [1.807, 2.05) is 6.92 Å². The summed E-state index contributed by atoms with van der Waals surface area (Å²) in [5.74, 6) is 0.398. The predicted molar refractivity (Wildman–Crippen MR) is 104 cm³/mol. The molecular weight excluding hydrogens is 397 g/mol. The summed E-state index contributed by atoms with van der Waals surface area (Å²) in [5, 5.41) is 0.648. The van der Waals surface area contributed by atoms with Gasteiger partial charge in [0.2, 0.25) is 0 Å². The first-order chi connectivity index (χ1) is 14.3. The van der Waals surface area contributed by atoms with Crippen LogP contribution in [0.15, 0.2) is 42.9 Å². The van der Waals surface area contributed by atoms with E-state index in [1.54, 1.807) is 35.4 Å². The zero-order chi connectivity index (χ0) is 21.3. The minimum atomic E-state index is -4.29. The molecule has 0 saturated carbocycles. The van der Waals surface area contributed by atoms with Crippen LogP contribution in [0.5, 0.6) is 5.75 Å². The highest BCUT2D eigenvalue weighted by atomic mass is 19.4. The molecular formula is C21H21F3N4O2. The van der Waals surface area contributed by atoms with E-state index in [9.17, 15) is 18.0 Å². The minimum absolute atomic E-state index is 0.116. The maximum Gasteiger partial charge on any atom is 0.406 e. The van der Waals surface area contributed by atoms with Crippen molar-refractivity contribution in [3.8, 4) is 5.75 Å². The van der Waals surface area contributed by atoms with Gasteiger partial charge in [-0.2, -0.15) is 13.2 Å². The van der Waals surface area contributed by atoms with E-state index in [0.29, 0.717) is 48.3 Å². The smallest absolute Gasteiger partial charge is 0.406 e. The van der Waals surface area contributed by atoms with E-state index in [4.69, 9.17) is 4.74 Å². The fourth-order valence-corrected chi connectivity index (χ4v) is 3.65. The Bertz CT molecular complexity index is 1040. The lowest BCUT2D eigenvalue weighted by Gasteiger charge is -2.32. The number of aromatic nitrogens is 3. The molecule has 0 bridgehead atoms. The average molecular weight is 418 g/mol. The van der Waals surface area contributed by atoms with Gasteiger partial charge in [0.05, 0.1) is 17.4 Å². The summed E-state index contributed by atoms with van der Waals surface area (Å²) in [7, 11) is 0. The highest BCUT2D eigenvalue weighted by Gasteiger charge is 2.29. The third-order valence-corrected chi connectivity index (χ3v) is 5.15. The van der Waals surface area contributed by atoms with Gasteiger partial charge in [-0.15, -0.1) is 0 Å². The van der Waals surface area contributed by atoms with Crippen molar-refractivity contribution >= 4 is 16.8 Å². The third kappa shape index (κ3) is 4.39. The van der Waals surface area contributed by atoms with Gasteiger partial charge in [-0.1, -0.05) is 6.07 Å². The lowest BCUT2D eigenvalue weighted by molar-refractivity contribution is -0.139. The Morgan fingerprint density at radius 1 is 1.17 bits per heavy atom. The first-order valence-electron chi connectivity index (χ1n) is 9.69. The zero-order valence-corrected chi connectivity index (χ0v) is 16.4. The molecule has 0 aliphatic carbocycles. The Morgan fingerprint density at radius 3 is 2.60 bits per heavy atom. The SMILES string of the molecule is Cc1cnc(C(=O)N2CCC(Oc3cccc4c3ccn4CC(F)(F)F)CC2)cn1. The number of ether oxygens (including phenoxy) is 1. The Kier molecular flexibility index (Phi) is 5.36. The molecule has 2 aromatic heterocycles. The topological polar surface area (TPSA) is 60.3 Å². The lowest BCUT2D eigenvalue weighted by atomic mass is 10.1. The summed E-state index contributed by atoms with van der Waals surface area (Å²) in [6.45, 7) is 1.80. The van der Waals surface area contributed by atoms with Crippen molar-refractivity contribution in [2.24, 2.45) is 0 Å². The molecule has 1 amide bonds. The summed E-state index contributed by atoms with van der Waals surface area (Å²) in [4.78, 5) is 22.5. The number of likely N-dealkylation sites (tertiary alicyclic amines) is 1. The zero-order valence-electron chi connectivity index (χ0n) is 16.4. The van der Waals surface area contributed by atoms with Gasteiger partial charge in [0, 0.05) is 43.7 Å². The number of halogens is 3. The van der Waals surface area contributed by atoms with Crippen molar-refractivity contribution in [3.63, 3.8) is 0 Å². The molecule has 1 saturated heterocycles. The number of rotatable bonds is 4. The number of nitrogens with zero attached hydrogens (tertiary/aromatic N) is 4. The molecule has 6 nitrogen and oxygen atoms in total. The van der Waals surface area contributed by atoms with Crippen molar-refractivity contribution in [2.45, 2.75) is 38.6 Å². The molecule has 0 atom stereocenters. The Hall–Kier alpha value is -3.10. The second-order valence-corrected chi connectivity index (χ2v) is 7.40. The summed E-state index contributed by atoms with van der Waals surface area (Å²) < 4.78 is 45.6. The van der Waals surface area contributed by atoms with Crippen LogP contribution < -0.4 is 4.74 Å². The standard InChI is InChI=1S/C21H21F3N4O2/c1-14-11-26-17(12-25-14)20(29)27-8-5-15(6-9-27)30-19-4-2-3-18-16(19)7-10-28(18)13-21(22,23)24/h2-4,7,10-12,15H,5-6,8-9,13H2,1H3. The van der Waals surface area contributed by atoms with E-state index < -0.39 is 12.7 Å². The van der Waals surface area contributed by atoms with Crippen LogP contribution >= 0.6 is 0 Å². The molecule has 1 fully saturated rings. The number of amides is 1. The molecule has 0 radical (unpaired) electrons. The molecule has 158 valence electrons. The Balaban J connectivity index is 1.41. The number of fused-ring (bicyclic) bond motifs is 1. The molecule has 3 aromatic rings. The molecule has 1 aliphatic rings. The lowest BCUT2D eigenvalue weighted by Crippen LogP contribution is -2.42. The average Bonchev–Trinajstić information content (AvgIpc) is 3.11. The van der Waals surface area contributed by atoms with Crippen LogP contribution in [0.3, 0.4) is 0 Å². The molecule has 0 spiro atoms. The summed E-state index contributed by atoms with van der Waals surface area (Å²) in [6.07, 6.45) is 1.32. The molecule has 9 heteroatoms. The van der Waals surface area contributed by atoms with E-state index in [0.717, 1.165) is 5.69 Å². The maximum absolute atomic E-state index is 12.8. The normalized spacial score (nSPS) is 15.5. The fourth-order valence-electron chi connectivity index (χ4n) is 3.65. The van der Waals surface area contributed by atoms with E-state index >= 15 is 0 Å². The number of carbonyl (C=O) groups is 1. The number of piperidine rings is 1. The van der Waals surface area contributed by atoms with E-state index in [-0.39, 0.29) is 12.0 Å². The van der Waals surface area contributed by atoms with Crippen molar-refractivity contribution in [3.05, 3.63) is 54.2 Å². The number of aryl methyl sites for hydroxylation is 1. The minimum Gasteiger partial charge on any atom is -0.490 e. The van der Waals surface area contributed by atoms with Crippen LogP contribution in [-0.4, -0.2) is 50.7 Å². The highest BCUT2D eigenvalue weighted by molar-refractivity contribution is 5.92. The van der Waals surface area contributed by atoms with Gasteiger partial charge in [-0.3, -0.25) is 9.78 Å². The van der Waals surface area contributed by atoms with Crippen molar-refractivity contribution < 1.29 is 22.7 Å². The van der Waals surface area contributed by atoms with Gasteiger partial charge in [-0.05, 0) is 25.1 Å². The summed E-state index contributed by atoms with van der Waals surface area (Å²) >= 11 is 0. The highest BCUT2D eigenvalue weighted by Crippen LogP contribution is 2.31. The van der Waals surface area contributed by atoms with Crippen LogP contribution in [0.2, 0.25) is 0 Å². The van der Waals surface area contributed by atoms with Crippen LogP contribution in [0, 0.1) is 6.92 Å². The summed E-state index contributed by atoms with van der Waals surface area (Å²) in [5.41, 5.74) is 1.54. The molecule has 0 N–H and O–H groups in total. The molecule has 1 aliphatic heterocycles. The number of benzene rings is 1. The molecule has 4 rings (SSSR count). The van der Waals surface area contributed by atoms with Gasteiger partial charge in [0.25, 0.3) is 5.91 Å². The van der Waals surface area contributed by atoms with E-state index in [1.165, 1.54) is 17.0 Å². The maximum atomic E-state index is 12.8. The Morgan fingerprint density at radius 2 is 1.93 bits per heavy atom. The molecule has 0 unspecified atom stereocenters. The second-order valence-electron chi connectivity index (χ2n) is 7.40. The quantitative estimate of drug-likeness (QED) is 0.643. The second kappa shape index (κ2) is 7.97. The van der Waals surface area contributed by atoms with Crippen molar-refractivity contribution in [1.82, 2.24) is 19.4 Å². The number of hydrogen-bond donors (Lipinski definition) is 0. The fraction of sp³-hybridized carbons (Fsp3) is 0.381. The van der Waals surface area contributed by atoms with Gasteiger partial charge in [0.1, 0.15) is 24.1 Å². The Labute approximate surface area is 171 Å². The molecule has 1 aromatic carbocycles. The van der Waals surface area contributed by atoms with Crippen LogP contribution in [0.1, 0.15) is 29.0 Å². The van der Waals surface area contributed by atoms with Gasteiger partial charge >= 0.3 is 6.18 Å². The monoisotopic (exact) mass is 418 g/mol. The van der Waals surface area contributed by atoms with Crippen molar-refractivity contribution in [2.75, 3.05) is 13.1 Å². The summed E-state index contributed by atoms with van der Waals surface area (Å²) in [6, 6.07) is 6.75. The largest absolute Gasteiger partial charge is 0.490 e. The first-order valence-corrected chi connectivity index (χ1v) is 9.69. The first kappa shape index (κ1) is 20.2. The predicted octanol–water partition coefficient (Wildman–Crippen LogP) is 3.99. The van der Waals surface area contributed by atoms with E-state index in [2.05, 4.69) is 9.97 Å². The van der Waals surface area contributed by atoms with Gasteiger partial charge in [0.15, 0.2) is 0 Å². The molecule has 3 heterocycles. The van der Waals surface area contributed by atoms with Crippen molar-refractivity contribution in [1.29, 1.82) is 0 Å². The third-order valence-electron chi connectivity index (χ3n) is 5.15. The number of hydrogen-bond acceptors (Lipinski definition) is 4.